The lowest BCUT2D eigenvalue weighted by molar-refractivity contribution is 0.0879. The number of benzene rings is 1. The molecule has 22 heavy (non-hydrogen) atoms. The zero-order valence-corrected chi connectivity index (χ0v) is 13.0. The Labute approximate surface area is 133 Å². The molecular formula is C15H18ClN3O3. The summed E-state index contributed by atoms with van der Waals surface area (Å²) in [6.45, 7) is 3.14. The highest BCUT2D eigenvalue weighted by Crippen LogP contribution is 2.25. The highest BCUT2D eigenvalue weighted by molar-refractivity contribution is 6.31. The summed E-state index contributed by atoms with van der Waals surface area (Å²) >= 11 is 5.93. The molecule has 1 fully saturated rings. The summed E-state index contributed by atoms with van der Waals surface area (Å²) in [5.41, 5.74) is 1.33. The standard InChI is InChI=1S/C15H18ClN3O3/c1-9-3-2-6-19(15(20)21)12(9)8-17-14-18-11-7-10(16)4-5-13(11)22-14/h4-5,7,9,12H,2-3,6,8H2,1H3,(H,17,18)(H,20,21). The number of amides is 1. The smallest absolute Gasteiger partial charge is 0.407 e. The van der Waals surface area contributed by atoms with Gasteiger partial charge < -0.3 is 19.7 Å². The predicted molar refractivity (Wildman–Crippen MR) is 84.4 cm³/mol. The molecule has 1 saturated heterocycles. The number of likely N-dealkylation sites (tertiary alicyclic amines) is 1. The molecule has 0 saturated carbocycles. The van der Waals surface area contributed by atoms with E-state index in [0.717, 1.165) is 12.8 Å². The minimum absolute atomic E-state index is 0.0788. The number of piperidine rings is 1. The number of nitrogens with zero attached hydrogens (tertiary/aromatic N) is 2. The second-order valence-electron chi connectivity index (χ2n) is 5.67. The predicted octanol–water partition coefficient (Wildman–Crippen LogP) is 3.67. The second-order valence-corrected chi connectivity index (χ2v) is 6.11. The maximum absolute atomic E-state index is 11.3. The molecule has 1 aromatic carbocycles. The van der Waals surface area contributed by atoms with Crippen molar-refractivity contribution in [2.45, 2.75) is 25.8 Å². The molecule has 0 bridgehead atoms. The van der Waals surface area contributed by atoms with Crippen LogP contribution in [0.2, 0.25) is 5.02 Å². The fourth-order valence-electron chi connectivity index (χ4n) is 2.97. The number of carboxylic acid groups (broad SMARTS) is 1. The van der Waals surface area contributed by atoms with Crippen LogP contribution in [0.1, 0.15) is 19.8 Å². The van der Waals surface area contributed by atoms with E-state index < -0.39 is 6.09 Å². The van der Waals surface area contributed by atoms with E-state index >= 15 is 0 Å². The SMILES string of the molecule is CC1CCCN(C(=O)O)C1CNc1nc2cc(Cl)ccc2o1. The Balaban J connectivity index is 1.72. The number of hydrogen-bond donors (Lipinski definition) is 2. The van der Waals surface area contributed by atoms with Gasteiger partial charge in [0, 0.05) is 18.1 Å². The van der Waals surface area contributed by atoms with Gasteiger partial charge in [-0.05, 0) is 37.0 Å². The molecule has 6 nitrogen and oxygen atoms in total. The van der Waals surface area contributed by atoms with E-state index in [0.29, 0.717) is 41.1 Å². The first-order chi connectivity index (χ1) is 10.5. The third-order valence-corrected chi connectivity index (χ3v) is 4.41. The number of rotatable bonds is 3. The lowest BCUT2D eigenvalue weighted by Gasteiger charge is -2.38. The molecule has 7 heteroatoms. The molecule has 3 rings (SSSR count). The summed E-state index contributed by atoms with van der Waals surface area (Å²) in [7, 11) is 0. The van der Waals surface area contributed by atoms with E-state index in [-0.39, 0.29) is 6.04 Å². The van der Waals surface area contributed by atoms with Crippen molar-refractivity contribution in [2.75, 3.05) is 18.4 Å². The van der Waals surface area contributed by atoms with Crippen molar-refractivity contribution in [1.29, 1.82) is 0 Å². The van der Waals surface area contributed by atoms with Crippen LogP contribution in [0.15, 0.2) is 22.6 Å². The number of halogens is 1. The summed E-state index contributed by atoms with van der Waals surface area (Å²) in [6.07, 6.45) is 1.06. The van der Waals surface area contributed by atoms with Gasteiger partial charge in [-0.1, -0.05) is 18.5 Å². The summed E-state index contributed by atoms with van der Waals surface area (Å²) in [5, 5.41) is 13.0. The Hall–Kier alpha value is -1.95. The number of anilines is 1. The van der Waals surface area contributed by atoms with Gasteiger partial charge in [0.05, 0.1) is 6.04 Å². The first-order valence-electron chi connectivity index (χ1n) is 7.34. The van der Waals surface area contributed by atoms with Crippen molar-refractivity contribution >= 4 is 34.8 Å². The monoisotopic (exact) mass is 323 g/mol. The van der Waals surface area contributed by atoms with Crippen molar-refractivity contribution in [2.24, 2.45) is 5.92 Å². The fraction of sp³-hybridized carbons (Fsp3) is 0.467. The van der Waals surface area contributed by atoms with Crippen LogP contribution < -0.4 is 5.32 Å². The third kappa shape index (κ3) is 2.97. The Morgan fingerprint density at radius 2 is 2.41 bits per heavy atom. The number of nitrogens with one attached hydrogen (secondary N) is 1. The first kappa shape index (κ1) is 15.0. The second kappa shape index (κ2) is 6.04. The molecule has 0 spiro atoms. The molecule has 2 aromatic rings. The van der Waals surface area contributed by atoms with Crippen LogP contribution in [0, 0.1) is 5.92 Å². The lowest BCUT2D eigenvalue weighted by atomic mass is 9.91. The Bertz CT molecular complexity index is 688. The molecule has 1 aromatic heterocycles. The molecule has 2 atom stereocenters. The van der Waals surface area contributed by atoms with Crippen LogP contribution in [-0.4, -0.2) is 40.2 Å². The normalized spacial score (nSPS) is 22.0. The van der Waals surface area contributed by atoms with E-state index in [1.54, 1.807) is 18.2 Å². The molecule has 2 N–H and O–H groups in total. The highest BCUT2D eigenvalue weighted by Gasteiger charge is 2.31. The Kier molecular flexibility index (Phi) is 4.11. The topological polar surface area (TPSA) is 78.6 Å². The summed E-state index contributed by atoms with van der Waals surface area (Å²) in [5.74, 6) is 0.302. The van der Waals surface area contributed by atoms with Crippen LogP contribution in [0.25, 0.3) is 11.1 Å². The van der Waals surface area contributed by atoms with Crippen molar-refractivity contribution < 1.29 is 14.3 Å². The third-order valence-electron chi connectivity index (χ3n) is 4.17. The molecule has 118 valence electrons. The number of aromatic nitrogens is 1. The van der Waals surface area contributed by atoms with Gasteiger partial charge in [-0.3, -0.25) is 0 Å². The van der Waals surface area contributed by atoms with E-state index in [9.17, 15) is 9.90 Å². The number of oxazole rings is 1. The molecule has 2 unspecified atom stereocenters. The molecular weight excluding hydrogens is 306 g/mol. The van der Waals surface area contributed by atoms with E-state index in [1.807, 2.05) is 0 Å². The first-order valence-corrected chi connectivity index (χ1v) is 7.72. The molecule has 1 aliphatic heterocycles. The van der Waals surface area contributed by atoms with Gasteiger partial charge in [-0.25, -0.2) is 4.79 Å². The van der Waals surface area contributed by atoms with Crippen molar-refractivity contribution in [3.05, 3.63) is 23.2 Å². The number of fused-ring (bicyclic) bond motifs is 1. The Morgan fingerprint density at radius 3 is 3.18 bits per heavy atom. The average molecular weight is 324 g/mol. The summed E-state index contributed by atoms with van der Waals surface area (Å²) in [4.78, 5) is 17.2. The molecule has 1 aliphatic rings. The molecule has 0 aliphatic carbocycles. The lowest BCUT2D eigenvalue weighted by Crippen LogP contribution is -2.50. The van der Waals surface area contributed by atoms with Gasteiger partial charge in [0.2, 0.25) is 0 Å². The van der Waals surface area contributed by atoms with Gasteiger partial charge in [-0.2, -0.15) is 4.98 Å². The van der Waals surface area contributed by atoms with E-state index in [4.69, 9.17) is 16.0 Å². The maximum Gasteiger partial charge on any atom is 0.407 e. The zero-order valence-electron chi connectivity index (χ0n) is 12.3. The van der Waals surface area contributed by atoms with Crippen LogP contribution in [0.5, 0.6) is 0 Å². The van der Waals surface area contributed by atoms with Crippen molar-refractivity contribution in [1.82, 2.24) is 9.88 Å². The van der Waals surface area contributed by atoms with Crippen LogP contribution in [0.3, 0.4) is 0 Å². The summed E-state index contributed by atoms with van der Waals surface area (Å²) in [6, 6.07) is 5.56. The highest BCUT2D eigenvalue weighted by atomic mass is 35.5. The van der Waals surface area contributed by atoms with Gasteiger partial charge in [0.15, 0.2) is 5.58 Å². The van der Waals surface area contributed by atoms with E-state index in [1.165, 1.54) is 4.90 Å². The van der Waals surface area contributed by atoms with Crippen LogP contribution in [0.4, 0.5) is 10.8 Å². The van der Waals surface area contributed by atoms with Crippen LogP contribution >= 0.6 is 11.6 Å². The minimum atomic E-state index is -0.873. The van der Waals surface area contributed by atoms with Gasteiger partial charge in [0.1, 0.15) is 5.52 Å². The van der Waals surface area contributed by atoms with Gasteiger partial charge in [0.25, 0.3) is 6.01 Å². The van der Waals surface area contributed by atoms with E-state index in [2.05, 4.69) is 17.2 Å². The van der Waals surface area contributed by atoms with Crippen LogP contribution in [-0.2, 0) is 0 Å². The minimum Gasteiger partial charge on any atom is -0.465 e. The zero-order chi connectivity index (χ0) is 15.7. The quantitative estimate of drug-likeness (QED) is 0.901. The number of carbonyl (C=O) groups is 1. The molecule has 2 heterocycles. The summed E-state index contributed by atoms with van der Waals surface area (Å²) < 4.78 is 5.60. The fourth-order valence-corrected chi connectivity index (χ4v) is 3.13. The van der Waals surface area contributed by atoms with Crippen molar-refractivity contribution in [3.63, 3.8) is 0 Å². The van der Waals surface area contributed by atoms with Crippen molar-refractivity contribution in [3.8, 4) is 0 Å². The maximum atomic E-state index is 11.3. The molecule has 0 radical (unpaired) electrons. The molecule has 1 amide bonds. The van der Waals surface area contributed by atoms with Gasteiger partial charge in [-0.15, -0.1) is 0 Å². The van der Waals surface area contributed by atoms with Gasteiger partial charge >= 0.3 is 6.09 Å². The number of hydrogen-bond acceptors (Lipinski definition) is 4. The largest absolute Gasteiger partial charge is 0.465 e. The average Bonchev–Trinajstić information content (AvgIpc) is 2.87. The Morgan fingerprint density at radius 1 is 1.59 bits per heavy atom.